The van der Waals surface area contributed by atoms with Crippen LogP contribution in [0.2, 0.25) is 0 Å². The molecule has 31 nitrogen and oxygen atoms in total. The minimum atomic E-state index is -0.994. The van der Waals surface area contributed by atoms with Gasteiger partial charge in [-0.25, -0.2) is 0 Å². The number of hydrogen-bond donors (Lipinski definition) is 15. The fourth-order valence-electron chi connectivity index (χ4n) is 13.4. The molecular weight excluding hydrogens is 1570 g/mol. The Morgan fingerprint density at radius 3 is 1.09 bits per heavy atom. The van der Waals surface area contributed by atoms with Gasteiger partial charge in [0.15, 0.2) is 0 Å². The molecule has 6 fully saturated rings. The first kappa shape index (κ1) is 96.5. The van der Waals surface area contributed by atoms with Gasteiger partial charge in [-0.2, -0.15) is 35.3 Å². The summed E-state index contributed by atoms with van der Waals surface area (Å²) >= 11 is 7.78. The van der Waals surface area contributed by atoms with Gasteiger partial charge in [0.1, 0.15) is 18.6 Å². The Labute approximate surface area is 664 Å². The molecule has 0 aromatic carbocycles. The molecule has 0 aliphatic carbocycles. The second kappa shape index (κ2) is 60.1. The van der Waals surface area contributed by atoms with Crippen molar-refractivity contribution in [3.63, 3.8) is 0 Å². The molecule has 603 valence electrons. The Hall–Kier alpha value is -5.67. The summed E-state index contributed by atoms with van der Waals surface area (Å²) in [6, 6.07) is -1.55. The van der Waals surface area contributed by atoms with Gasteiger partial charge in [-0.1, -0.05) is 48.3 Å². The Morgan fingerprint density at radius 1 is 0.435 bits per heavy atom. The van der Waals surface area contributed by atoms with Gasteiger partial charge in [0.25, 0.3) is 22.2 Å². The van der Waals surface area contributed by atoms with Crippen LogP contribution in [-0.4, -0.2) is 248 Å². The zero-order valence-corrected chi connectivity index (χ0v) is 66.8. The van der Waals surface area contributed by atoms with Crippen molar-refractivity contribution in [2.75, 3.05) is 61.0 Å². The molecule has 0 bridgehead atoms. The highest BCUT2D eigenvalue weighted by Gasteiger charge is 2.45. The van der Waals surface area contributed by atoms with Crippen LogP contribution in [-0.2, 0) is 76.7 Å². The van der Waals surface area contributed by atoms with Gasteiger partial charge in [-0.15, -0.1) is 0 Å². The minimum absolute atomic E-state index is 0.0249. The van der Waals surface area contributed by atoms with E-state index in [4.69, 9.17) is 15.9 Å². The third-order valence-corrected chi connectivity index (χ3v) is 24.6. The molecule has 6 aliphatic rings. The van der Waals surface area contributed by atoms with Crippen molar-refractivity contribution < 1.29 is 86.9 Å². The van der Waals surface area contributed by atoms with E-state index in [1.807, 2.05) is 57.9 Å². The molecular formula is C70H116B3IN13O18S3. The standard InChI is InChI=1S/C23H37IN4O5S.C22H36BN4O5S.C18H29BN3O5S.C7H14BN2O3/c24-14-22(32)27-17(23(33)26-11-5-6-12-29)7-3-4-10-25-20(30)9-2-1-8-19-16-13-21(31)28-18(16)15-34-19;28-12-6-5-11-25-22(32)17(27-23-15-29)7-3-4-10-24-20(30)9-2-1-8-19-16-13-21(31)26-18(16)14-33-19;23-11-19-22-13(18(26)27)5-3-4-8-20-16(24)7-2-1-6-15-12-9-17(25)21-14(12)10-28-15;9-4-2-1-3-6(7(12)13)10-8-5-11/h12,16-19H,1-11,13-15H2,(H,25,30)(H,26,33)(H,27,32)(H,28,31);12,15-19,27H,1-11,13-14H2,(H,24,30)(H,25,32)(H,26,31);11-15,22H,1-10H2,(H,20,24)(H,21,25)(H,26,27);5-6,10H,1-4,9H2,(H,12,13). The number of carbonyl (C=O) groups is 16. The second-order valence-electron chi connectivity index (χ2n) is 27.5. The van der Waals surface area contributed by atoms with Crippen molar-refractivity contribution >= 4 is 176 Å². The summed E-state index contributed by atoms with van der Waals surface area (Å²) in [4.78, 5) is 180. The van der Waals surface area contributed by atoms with Crippen LogP contribution in [0.5, 0.6) is 0 Å². The van der Waals surface area contributed by atoms with Gasteiger partial charge in [-0.3, -0.25) is 52.7 Å². The number of hydrogen-bond acceptors (Lipinski definition) is 23. The number of alkyl halides is 1. The molecule has 108 heavy (non-hydrogen) atoms. The van der Waals surface area contributed by atoms with Crippen molar-refractivity contribution in [2.24, 2.45) is 23.5 Å². The van der Waals surface area contributed by atoms with Crippen LogP contribution in [0.15, 0.2) is 0 Å². The highest BCUT2D eigenvalue weighted by molar-refractivity contribution is 14.1. The van der Waals surface area contributed by atoms with Crippen LogP contribution >= 0.6 is 57.9 Å². The van der Waals surface area contributed by atoms with E-state index >= 15 is 0 Å². The van der Waals surface area contributed by atoms with E-state index in [9.17, 15) is 76.7 Å². The Kier molecular flexibility index (Phi) is 53.7. The number of halogens is 1. The summed E-state index contributed by atoms with van der Waals surface area (Å²) in [6.07, 6.45) is 25.0. The van der Waals surface area contributed by atoms with E-state index in [1.54, 1.807) is 0 Å². The van der Waals surface area contributed by atoms with E-state index in [0.717, 1.165) is 135 Å². The summed E-state index contributed by atoms with van der Waals surface area (Å²) in [7, 11) is 3.40. The molecule has 6 aliphatic heterocycles. The molecule has 38 heteroatoms. The predicted octanol–water partition coefficient (Wildman–Crippen LogP) is 1.06. The van der Waals surface area contributed by atoms with Gasteiger partial charge in [-0.05, 0) is 129 Å². The lowest BCUT2D eigenvalue weighted by molar-refractivity contribution is -0.140. The molecule has 0 aromatic rings. The van der Waals surface area contributed by atoms with Crippen molar-refractivity contribution in [1.29, 1.82) is 0 Å². The molecule has 0 saturated carbocycles. The van der Waals surface area contributed by atoms with Crippen molar-refractivity contribution in [3.05, 3.63) is 0 Å². The lowest BCUT2D eigenvalue weighted by Crippen LogP contribution is -2.47. The number of carbonyl (C=O) groups excluding carboxylic acids is 14. The fraction of sp³-hybridized carbons (Fsp3) is 0.771. The zero-order valence-electron chi connectivity index (χ0n) is 62.2. The largest absolute Gasteiger partial charge is 0.480 e. The maximum atomic E-state index is 12.3. The van der Waals surface area contributed by atoms with Gasteiger partial charge < -0.3 is 103 Å². The lowest BCUT2D eigenvalue weighted by atomic mass is 9.94. The first-order chi connectivity index (χ1) is 52.2. The average Bonchev–Trinajstić information content (AvgIpc) is 1.68. The predicted molar refractivity (Wildman–Crippen MR) is 429 cm³/mol. The Bertz CT molecular complexity index is 2790. The van der Waals surface area contributed by atoms with E-state index in [2.05, 4.69) is 63.5 Å². The summed E-state index contributed by atoms with van der Waals surface area (Å²) in [5.41, 5.74) is 5.26. The molecule has 9 amide bonds. The first-order valence-corrected chi connectivity index (χ1v) is 42.9. The molecule has 6 saturated heterocycles. The van der Waals surface area contributed by atoms with Crippen molar-refractivity contribution in [1.82, 2.24) is 63.5 Å². The van der Waals surface area contributed by atoms with Gasteiger partial charge in [0.05, 0.1) is 41.1 Å². The van der Waals surface area contributed by atoms with Crippen LogP contribution in [0.4, 0.5) is 0 Å². The lowest BCUT2D eigenvalue weighted by Gasteiger charge is -2.18. The second-order valence-corrected chi connectivity index (χ2v) is 32.1. The first-order valence-electron chi connectivity index (χ1n) is 38.3. The van der Waals surface area contributed by atoms with E-state index in [0.29, 0.717) is 219 Å². The number of nitrogens with one attached hydrogen (secondary N) is 12. The van der Waals surface area contributed by atoms with Crippen LogP contribution in [0, 0.1) is 17.8 Å². The number of carboxylic acids is 2. The smallest absolute Gasteiger partial charge is 0.319 e. The number of fused-ring (bicyclic) bond motifs is 3. The third kappa shape index (κ3) is 42.1. The van der Waals surface area contributed by atoms with Crippen LogP contribution in [0.1, 0.15) is 199 Å². The molecule has 13 unspecified atom stereocenters. The van der Waals surface area contributed by atoms with E-state index in [-0.39, 0.29) is 57.6 Å². The molecule has 0 spiro atoms. The zero-order chi connectivity index (χ0) is 79.1. The summed E-state index contributed by atoms with van der Waals surface area (Å²) in [5, 5.41) is 53.2. The molecule has 6 rings (SSSR count). The van der Waals surface area contributed by atoms with Crippen LogP contribution < -0.4 is 69.3 Å². The number of amides is 9. The minimum Gasteiger partial charge on any atom is -0.480 e. The number of carboxylic acid groups (broad SMARTS) is 2. The molecule has 0 aromatic heterocycles. The molecule has 13 atom stereocenters. The SMILES string of the molecule is NCCCCC(N[B]C=O)C(=O)O.O=CCCCNC(=O)C(CCCCNC(=O)CCCCC1SCC2NC(=O)CC21)NC(=O)CI.O=C[B]NC(CCCCNC(=O)CCCCC1SCC2NC(=O)CC21)C(=O)NCCCC=O.O=C[B]NC(CCCCNC(=O)CCCCC1SCC2NC(=O)CC21)C(=O)O. The summed E-state index contributed by atoms with van der Waals surface area (Å²) < 4.78 is 0.276. The van der Waals surface area contributed by atoms with Gasteiger partial charge in [0.2, 0.25) is 53.2 Å². The normalized spacial score (nSPS) is 21.4. The van der Waals surface area contributed by atoms with Crippen molar-refractivity contribution in [3.8, 4) is 0 Å². The van der Waals surface area contributed by atoms with Gasteiger partial charge >= 0.3 is 11.9 Å². The molecule has 3 radical (unpaired) electrons. The topological polar surface area (TPSA) is 484 Å². The quantitative estimate of drug-likeness (QED) is 0.0133. The number of nitrogens with two attached hydrogens (primary N) is 1. The summed E-state index contributed by atoms with van der Waals surface area (Å²) in [6.45, 7) is 3.01. The third-order valence-electron chi connectivity index (χ3n) is 19.2. The van der Waals surface area contributed by atoms with Crippen LogP contribution in [0.25, 0.3) is 0 Å². The number of aldehydes is 2. The number of thioether (sulfide) groups is 3. The number of unbranched alkanes of at least 4 members (excludes halogenated alkanes) is 9. The highest BCUT2D eigenvalue weighted by atomic mass is 127. The Balaban J connectivity index is 0.000000389. The average molecular weight is 1680 g/mol. The van der Waals surface area contributed by atoms with Crippen LogP contribution in [0.3, 0.4) is 0 Å². The fourth-order valence-corrected chi connectivity index (χ4v) is 18.6. The van der Waals surface area contributed by atoms with Crippen molar-refractivity contribution in [2.45, 2.75) is 257 Å². The maximum absolute atomic E-state index is 12.3. The van der Waals surface area contributed by atoms with E-state index < -0.39 is 36.1 Å². The number of rotatable bonds is 57. The summed E-state index contributed by atoms with van der Waals surface area (Å²) in [5.74, 6) is 2.44. The highest BCUT2D eigenvalue weighted by Crippen LogP contribution is 2.43. The Morgan fingerprint density at radius 2 is 0.759 bits per heavy atom. The number of aliphatic carboxylic acids is 2. The van der Waals surface area contributed by atoms with Gasteiger partial charge in [0, 0.05) is 153 Å². The molecule has 6 heterocycles. The monoisotopic (exact) mass is 1680 g/mol. The van der Waals surface area contributed by atoms with E-state index in [1.165, 1.54) is 7.41 Å². The maximum Gasteiger partial charge on any atom is 0.319 e. The molecule has 16 N–H and O–H groups in total.